The van der Waals surface area contributed by atoms with E-state index in [1.54, 1.807) is 37.8 Å². The number of hydrogen-bond donors (Lipinski definition) is 0. The Hall–Kier alpha value is -3.20. The molecule has 0 bridgehead atoms. The van der Waals surface area contributed by atoms with Crippen LogP contribution in [0.25, 0.3) is 32.8 Å². The summed E-state index contributed by atoms with van der Waals surface area (Å²) in [7, 11) is 0. The van der Waals surface area contributed by atoms with E-state index in [9.17, 15) is 18.8 Å². The monoisotopic (exact) mass is 846 g/mol. The second-order valence-electron chi connectivity index (χ2n) is 11.0. The summed E-state index contributed by atoms with van der Waals surface area (Å²) in [6.45, 7) is 5.44. The zero-order valence-corrected chi connectivity index (χ0v) is 31.5. The Morgan fingerprint density at radius 2 is 1.84 bits per heavy atom. The molecule has 1 aromatic heterocycles. The van der Waals surface area contributed by atoms with Gasteiger partial charge in [-0.3, -0.25) is 0 Å². The smallest absolute Gasteiger partial charge is 0.813 e. The fourth-order valence-electron chi connectivity index (χ4n) is 5.29. The van der Waals surface area contributed by atoms with E-state index in [0.29, 0.717) is 5.39 Å². The summed E-state index contributed by atoms with van der Waals surface area (Å²) in [6, 6.07) is 9.90. The number of nitrogens with zero attached hydrogens (tertiary/aromatic N) is 5. The molecule has 4 aromatic rings. The first-order valence-corrected chi connectivity index (χ1v) is 15.6. The maximum absolute atomic E-state index is 16.3. The van der Waals surface area contributed by atoms with Crippen molar-refractivity contribution in [2.75, 3.05) is 24.5 Å². The number of rotatable bonds is 3. The molecule has 1 aliphatic rings. The van der Waals surface area contributed by atoms with Gasteiger partial charge in [-0.25, -0.2) is 4.79 Å². The van der Waals surface area contributed by atoms with Crippen LogP contribution >= 0.6 is 9.90 Å². The van der Waals surface area contributed by atoms with Crippen molar-refractivity contribution >= 4 is 82.7 Å². The van der Waals surface area contributed by atoms with Gasteiger partial charge in [0, 0.05) is 6.54 Å². The molecule has 0 N–H and O–H groups in total. The molecule has 0 aliphatic carbocycles. The van der Waals surface area contributed by atoms with Crippen LogP contribution in [-0.2, 0) is 18.2 Å². The molecular formula is C31H28F4N5O2PSTl-. The summed E-state index contributed by atoms with van der Waals surface area (Å²) < 4.78 is 70.2. The van der Waals surface area contributed by atoms with E-state index < -0.39 is 52.3 Å². The number of piperazine rings is 1. The number of hydrogen-bond acceptors (Lipinski definition) is 7. The van der Waals surface area contributed by atoms with Gasteiger partial charge in [0.25, 0.3) is 0 Å². The first-order chi connectivity index (χ1) is 20.4. The number of halogens is 4. The Balaban J connectivity index is 0.00000276. The van der Waals surface area contributed by atoms with Gasteiger partial charge in [-0.05, 0) is 20.8 Å². The van der Waals surface area contributed by atoms with Crippen molar-refractivity contribution < 1.29 is 27.1 Å². The zero-order valence-electron chi connectivity index (χ0n) is 24.7. The van der Waals surface area contributed by atoms with Crippen LogP contribution in [0, 0.1) is 44.3 Å². The number of ether oxygens (including phenoxy) is 1. The molecule has 1 amide bonds. The first kappa shape index (κ1) is 36.3. The predicted octanol–water partition coefficient (Wildman–Crippen LogP) is 5.61. The fraction of sp³-hybridized carbons (Fsp3) is 0.290. The Kier molecular flexibility index (Phi) is 11.7. The van der Waals surface area contributed by atoms with E-state index in [4.69, 9.17) is 4.74 Å². The van der Waals surface area contributed by atoms with Crippen LogP contribution in [0.3, 0.4) is 0 Å². The topological polar surface area (TPSA) is 82.3 Å². The number of thiol groups is 1. The van der Waals surface area contributed by atoms with Crippen LogP contribution in [-0.4, -0.2) is 78.0 Å². The van der Waals surface area contributed by atoms with Gasteiger partial charge in [-0.15, -0.1) is 0 Å². The fourth-order valence-corrected chi connectivity index (χ4v) is 5.85. The van der Waals surface area contributed by atoms with Crippen molar-refractivity contribution in [3.63, 3.8) is 0 Å². The van der Waals surface area contributed by atoms with Crippen LogP contribution in [0.2, 0.25) is 0 Å². The minimum atomic E-state index is -1.24. The number of amides is 1. The second-order valence-corrected chi connectivity index (χ2v) is 12.1. The summed E-state index contributed by atoms with van der Waals surface area (Å²) in [5.41, 5.74) is -1.64. The summed E-state index contributed by atoms with van der Waals surface area (Å²) in [6.07, 6.45) is -1.90. The molecule has 0 radical (unpaired) electrons. The molecule has 1 saturated heterocycles. The molecule has 232 valence electrons. The first-order valence-electron chi connectivity index (χ1n) is 13.3. The number of anilines is 1. The molecular weight excluding hydrogens is 818 g/mol. The van der Waals surface area contributed by atoms with Gasteiger partial charge < -0.3 is 23.1 Å². The number of carbonyl (C=O) groups excluding carboxylic acids is 1. The van der Waals surface area contributed by atoms with Crippen molar-refractivity contribution in [2.24, 2.45) is 0 Å². The normalized spacial score (nSPS) is 14.6. The molecule has 7 nitrogen and oxygen atoms in total. The molecule has 45 heavy (non-hydrogen) atoms. The SMILES string of the molecule is CC(C)(C)OC(=O)N1CCN(c2nc(F)nc3c(F)c(-c4cccc5ccc(F)c(C#[C][Tl])c45)c(F)cc23)C[C@@H]1CC#N.P.[SH-]. The number of aromatic nitrogens is 2. The summed E-state index contributed by atoms with van der Waals surface area (Å²) >= 11 is 0.248. The van der Waals surface area contributed by atoms with Gasteiger partial charge in [-0.2, -0.15) is 15.2 Å². The molecule has 14 heteroatoms. The van der Waals surface area contributed by atoms with Crippen molar-refractivity contribution in [2.45, 2.75) is 38.8 Å². The Morgan fingerprint density at radius 3 is 2.51 bits per heavy atom. The summed E-state index contributed by atoms with van der Waals surface area (Å²) in [4.78, 5) is 23.3. The Morgan fingerprint density at radius 1 is 1.11 bits per heavy atom. The minimum absolute atomic E-state index is 0. The van der Waals surface area contributed by atoms with Crippen LogP contribution < -0.4 is 4.90 Å². The number of fused-ring (bicyclic) bond motifs is 2. The van der Waals surface area contributed by atoms with Crippen LogP contribution in [0.15, 0.2) is 36.4 Å². The molecule has 2 atom stereocenters. The molecule has 1 fully saturated rings. The van der Waals surface area contributed by atoms with Crippen LogP contribution in [0.5, 0.6) is 0 Å². The van der Waals surface area contributed by atoms with Gasteiger partial charge in [0.2, 0.25) is 0 Å². The summed E-state index contributed by atoms with van der Waals surface area (Å²) in [5.74, 6) is -0.0613. The van der Waals surface area contributed by atoms with E-state index in [0.717, 1.165) is 6.07 Å². The third-order valence-corrected chi connectivity index (χ3v) is 7.60. The molecule has 5 rings (SSSR count). The predicted molar refractivity (Wildman–Crippen MR) is 174 cm³/mol. The number of nitriles is 1. The minimum Gasteiger partial charge on any atom is -0.813 e. The van der Waals surface area contributed by atoms with E-state index in [1.807, 2.05) is 6.07 Å². The van der Waals surface area contributed by atoms with E-state index >= 15 is 8.78 Å². The van der Waals surface area contributed by atoms with E-state index in [1.165, 1.54) is 23.1 Å². The number of carbonyl (C=O) groups is 1. The third kappa shape index (κ3) is 7.29. The van der Waals surface area contributed by atoms with E-state index in [-0.39, 0.29) is 103 Å². The molecule has 1 aliphatic heterocycles. The zero-order chi connectivity index (χ0) is 31.1. The average Bonchev–Trinajstić information content (AvgIpc) is 2.94. The number of benzene rings is 3. The van der Waals surface area contributed by atoms with Gasteiger partial charge in [-0.1, -0.05) is 0 Å². The van der Waals surface area contributed by atoms with Gasteiger partial charge in [0.05, 0.1) is 18.5 Å². The molecule has 0 spiro atoms. The van der Waals surface area contributed by atoms with Crippen molar-refractivity contribution in [1.29, 1.82) is 5.26 Å². The standard InChI is InChI=1S/C31H24F4N5O2.H3P.H2S.Tl/c1-5-19-22(32)10-9-17-7-6-8-20(24(17)19)25-23(33)15-21-27(26(25)34)37-29(35)38-28(21)39-13-14-40(18(16-39)11-12-36)30(41)42-31(2,3)4;;;/h6-10,15,18H,11,13-14,16H2,2-4H3;1H3;1H2;/p-1/t18-;;;/m0.../s1. The second kappa shape index (κ2) is 14.5. The maximum atomic E-state index is 16.3. The Labute approximate surface area is 284 Å². The van der Waals surface area contributed by atoms with Crippen LogP contribution in [0.1, 0.15) is 32.8 Å². The van der Waals surface area contributed by atoms with E-state index in [2.05, 4.69) is 19.4 Å². The molecule has 0 saturated carbocycles. The molecule has 2 heterocycles. The Bertz CT molecular complexity index is 1890. The van der Waals surface area contributed by atoms with Gasteiger partial charge in [0.15, 0.2) is 0 Å². The van der Waals surface area contributed by atoms with Crippen LogP contribution in [0.4, 0.5) is 28.2 Å². The quantitative estimate of drug-likeness (QED) is 0.0505. The molecule has 1 unspecified atom stereocenters. The van der Waals surface area contributed by atoms with Gasteiger partial charge in [0.1, 0.15) is 5.60 Å². The van der Waals surface area contributed by atoms with Crippen molar-refractivity contribution in [3.8, 4) is 26.6 Å². The molecule has 3 aromatic carbocycles. The summed E-state index contributed by atoms with van der Waals surface area (Å²) in [5, 5.41) is 10.1. The average molecular weight is 846 g/mol. The third-order valence-electron chi connectivity index (χ3n) is 7.03. The van der Waals surface area contributed by atoms with Crippen molar-refractivity contribution in [3.05, 3.63) is 65.5 Å². The van der Waals surface area contributed by atoms with Gasteiger partial charge >= 0.3 is 191 Å². The van der Waals surface area contributed by atoms with Crippen molar-refractivity contribution in [1.82, 2.24) is 14.9 Å².